The lowest BCUT2D eigenvalue weighted by Crippen LogP contribution is -2.04. The van der Waals surface area contributed by atoms with Crippen LogP contribution in [0.25, 0.3) is 0 Å². The normalized spacial score (nSPS) is 10.4. The van der Waals surface area contributed by atoms with Gasteiger partial charge < -0.3 is 10.5 Å². The Balaban J connectivity index is 2.31. The average Bonchev–Trinajstić information content (AvgIpc) is 2.37. The van der Waals surface area contributed by atoms with E-state index in [9.17, 15) is 4.39 Å². The Kier molecular flexibility index (Phi) is 3.95. The summed E-state index contributed by atoms with van der Waals surface area (Å²) < 4.78 is 19.5. The molecule has 0 fully saturated rings. The van der Waals surface area contributed by atoms with Crippen LogP contribution in [0.15, 0.2) is 42.5 Å². The standard InChI is InChI=1S/C15H16FNO/c1-11-5-4-8-14(15(11)16)18-13-7-3-2-6-12(13)9-10-17/h2-8H,9-10,17H2,1H3. The number of aryl methyl sites for hydroxylation is 1. The second-order valence-electron chi connectivity index (χ2n) is 4.14. The zero-order valence-corrected chi connectivity index (χ0v) is 10.3. The first kappa shape index (κ1) is 12.6. The van der Waals surface area contributed by atoms with Crippen LogP contribution < -0.4 is 10.5 Å². The molecular weight excluding hydrogens is 229 g/mol. The Morgan fingerprint density at radius 2 is 1.78 bits per heavy atom. The molecule has 0 saturated heterocycles. The Morgan fingerprint density at radius 3 is 2.56 bits per heavy atom. The van der Waals surface area contributed by atoms with Crippen molar-refractivity contribution in [2.24, 2.45) is 5.73 Å². The van der Waals surface area contributed by atoms with Gasteiger partial charge in [0.25, 0.3) is 0 Å². The summed E-state index contributed by atoms with van der Waals surface area (Å²) in [5, 5.41) is 0. The molecule has 0 aliphatic heterocycles. The average molecular weight is 245 g/mol. The van der Waals surface area contributed by atoms with Gasteiger partial charge in [-0.15, -0.1) is 0 Å². The molecule has 0 saturated carbocycles. The van der Waals surface area contributed by atoms with Gasteiger partial charge in [0.2, 0.25) is 0 Å². The molecule has 0 spiro atoms. The van der Waals surface area contributed by atoms with E-state index in [1.54, 1.807) is 25.1 Å². The SMILES string of the molecule is Cc1cccc(Oc2ccccc2CCN)c1F. The third-order valence-corrected chi connectivity index (χ3v) is 2.76. The largest absolute Gasteiger partial charge is 0.454 e. The van der Waals surface area contributed by atoms with Crippen LogP contribution in [-0.2, 0) is 6.42 Å². The highest BCUT2D eigenvalue weighted by molar-refractivity contribution is 5.39. The molecule has 2 rings (SSSR count). The zero-order valence-electron chi connectivity index (χ0n) is 10.3. The van der Waals surface area contributed by atoms with Gasteiger partial charge in [0.1, 0.15) is 5.75 Å². The number of rotatable bonds is 4. The lowest BCUT2D eigenvalue weighted by atomic mass is 10.1. The van der Waals surface area contributed by atoms with Gasteiger partial charge >= 0.3 is 0 Å². The molecule has 0 radical (unpaired) electrons. The first-order chi connectivity index (χ1) is 8.72. The number of hydrogen-bond acceptors (Lipinski definition) is 2. The van der Waals surface area contributed by atoms with Crippen LogP contribution in [-0.4, -0.2) is 6.54 Å². The van der Waals surface area contributed by atoms with Crippen molar-refractivity contribution in [2.45, 2.75) is 13.3 Å². The predicted octanol–water partition coefficient (Wildman–Crippen LogP) is 3.43. The molecule has 0 heterocycles. The monoisotopic (exact) mass is 245 g/mol. The summed E-state index contributed by atoms with van der Waals surface area (Å²) >= 11 is 0. The quantitative estimate of drug-likeness (QED) is 0.895. The minimum Gasteiger partial charge on any atom is -0.454 e. The van der Waals surface area contributed by atoms with E-state index in [1.165, 1.54) is 0 Å². The van der Waals surface area contributed by atoms with Crippen LogP contribution in [0.1, 0.15) is 11.1 Å². The van der Waals surface area contributed by atoms with Crippen molar-refractivity contribution in [3.63, 3.8) is 0 Å². The van der Waals surface area contributed by atoms with Crippen LogP contribution in [0.5, 0.6) is 11.5 Å². The molecule has 0 amide bonds. The number of halogens is 1. The molecule has 0 aromatic heterocycles. The van der Waals surface area contributed by atoms with E-state index in [2.05, 4.69) is 0 Å². The minimum atomic E-state index is -0.319. The Morgan fingerprint density at radius 1 is 1.06 bits per heavy atom. The number of para-hydroxylation sites is 1. The molecule has 2 aromatic rings. The Bertz CT molecular complexity index is 540. The molecule has 2 nitrogen and oxygen atoms in total. The summed E-state index contributed by atoms with van der Waals surface area (Å²) in [5.74, 6) is 0.590. The van der Waals surface area contributed by atoms with Crippen LogP contribution >= 0.6 is 0 Å². The highest BCUT2D eigenvalue weighted by Gasteiger charge is 2.09. The molecule has 18 heavy (non-hydrogen) atoms. The fourth-order valence-electron chi connectivity index (χ4n) is 1.78. The van der Waals surface area contributed by atoms with Crippen molar-refractivity contribution in [3.8, 4) is 11.5 Å². The number of nitrogens with two attached hydrogens (primary N) is 1. The summed E-state index contributed by atoms with van der Waals surface area (Å²) in [6.07, 6.45) is 0.712. The maximum absolute atomic E-state index is 13.9. The minimum absolute atomic E-state index is 0.250. The van der Waals surface area contributed by atoms with E-state index in [0.29, 0.717) is 24.3 Å². The molecule has 0 aliphatic rings. The van der Waals surface area contributed by atoms with E-state index in [1.807, 2.05) is 24.3 Å². The van der Waals surface area contributed by atoms with Crippen molar-refractivity contribution < 1.29 is 9.13 Å². The molecule has 0 aliphatic carbocycles. The number of benzene rings is 2. The predicted molar refractivity (Wildman–Crippen MR) is 70.4 cm³/mol. The Hall–Kier alpha value is -1.87. The molecule has 3 heteroatoms. The van der Waals surface area contributed by atoms with Crippen molar-refractivity contribution in [3.05, 3.63) is 59.4 Å². The van der Waals surface area contributed by atoms with Crippen molar-refractivity contribution in [1.29, 1.82) is 0 Å². The fourth-order valence-corrected chi connectivity index (χ4v) is 1.78. The molecule has 0 bridgehead atoms. The Labute approximate surface area is 106 Å². The highest BCUT2D eigenvalue weighted by Crippen LogP contribution is 2.28. The van der Waals surface area contributed by atoms with E-state index in [-0.39, 0.29) is 11.6 Å². The van der Waals surface area contributed by atoms with E-state index >= 15 is 0 Å². The van der Waals surface area contributed by atoms with E-state index in [0.717, 1.165) is 5.56 Å². The highest BCUT2D eigenvalue weighted by atomic mass is 19.1. The van der Waals surface area contributed by atoms with Crippen molar-refractivity contribution in [1.82, 2.24) is 0 Å². The molecule has 2 N–H and O–H groups in total. The number of ether oxygens (including phenoxy) is 1. The third-order valence-electron chi connectivity index (χ3n) is 2.76. The first-order valence-electron chi connectivity index (χ1n) is 5.93. The molecule has 94 valence electrons. The molecule has 0 atom stereocenters. The van der Waals surface area contributed by atoms with Gasteiger partial charge in [-0.2, -0.15) is 0 Å². The molecule has 2 aromatic carbocycles. The zero-order chi connectivity index (χ0) is 13.0. The van der Waals surface area contributed by atoms with Crippen LogP contribution in [0.2, 0.25) is 0 Å². The fraction of sp³-hybridized carbons (Fsp3) is 0.200. The van der Waals surface area contributed by atoms with Gasteiger partial charge in [-0.3, -0.25) is 0 Å². The van der Waals surface area contributed by atoms with Crippen LogP contribution in [0.4, 0.5) is 4.39 Å². The van der Waals surface area contributed by atoms with E-state index in [4.69, 9.17) is 10.5 Å². The van der Waals surface area contributed by atoms with Crippen molar-refractivity contribution >= 4 is 0 Å². The van der Waals surface area contributed by atoms with Gasteiger partial charge in [0.05, 0.1) is 0 Å². The summed E-state index contributed by atoms with van der Waals surface area (Å²) in [7, 11) is 0. The smallest absolute Gasteiger partial charge is 0.168 e. The second-order valence-corrected chi connectivity index (χ2v) is 4.14. The first-order valence-corrected chi connectivity index (χ1v) is 5.93. The lowest BCUT2D eigenvalue weighted by molar-refractivity contribution is 0.435. The van der Waals surface area contributed by atoms with Crippen molar-refractivity contribution in [2.75, 3.05) is 6.54 Å². The van der Waals surface area contributed by atoms with Gasteiger partial charge in [-0.1, -0.05) is 30.3 Å². The maximum atomic E-state index is 13.9. The number of hydrogen-bond donors (Lipinski definition) is 1. The van der Waals surface area contributed by atoms with Gasteiger partial charge in [0, 0.05) is 0 Å². The van der Waals surface area contributed by atoms with Gasteiger partial charge in [0.15, 0.2) is 11.6 Å². The van der Waals surface area contributed by atoms with Gasteiger partial charge in [-0.05, 0) is 43.1 Å². The summed E-state index contributed by atoms with van der Waals surface area (Å²) in [6, 6.07) is 12.7. The van der Waals surface area contributed by atoms with Crippen LogP contribution in [0, 0.1) is 12.7 Å². The topological polar surface area (TPSA) is 35.2 Å². The third kappa shape index (κ3) is 2.68. The van der Waals surface area contributed by atoms with E-state index < -0.39 is 0 Å². The summed E-state index contributed by atoms with van der Waals surface area (Å²) in [5.41, 5.74) is 7.11. The second kappa shape index (κ2) is 5.65. The van der Waals surface area contributed by atoms with Crippen LogP contribution in [0.3, 0.4) is 0 Å². The molecular formula is C15H16FNO. The summed E-state index contributed by atoms with van der Waals surface area (Å²) in [6.45, 7) is 2.25. The lowest BCUT2D eigenvalue weighted by Gasteiger charge is -2.11. The molecule has 0 unspecified atom stereocenters. The van der Waals surface area contributed by atoms with Gasteiger partial charge in [-0.25, -0.2) is 4.39 Å². The maximum Gasteiger partial charge on any atom is 0.168 e. The summed E-state index contributed by atoms with van der Waals surface area (Å²) in [4.78, 5) is 0.